The van der Waals surface area contributed by atoms with Gasteiger partial charge >= 0.3 is 0 Å². The van der Waals surface area contributed by atoms with Crippen molar-refractivity contribution in [1.82, 2.24) is 9.96 Å². The molecule has 0 amide bonds. The van der Waals surface area contributed by atoms with Crippen LogP contribution in [0.3, 0.4) is 0 Å². The van der Waals surface area contributed by atoms with Gasteiger partial charge in [0.05, 0.1) is 0 Å². The van der Waals surface area contributed by atoms with Gasteiger partial charge in [-0.25, -0.2) is 0 Å². The van der Waals surface area contributed by atoms with E-state index in [1.165, 1.54) is 5.06 Å². The first-order chi connectivity index (χ1) is 3.79. The Kier molecular flexibility index (Phi) is 1.83. The minimum Gasteiger partial charge on any atom is -0.314 e. The highest BCUT2D eigenvalue weighted by Crippen LogP contribution is 1.93. The van der Waals surface area contributed by atoms with Crippen molar-refractivity contribution >= 4 is 0 Å². The summed E-state index contributed by atoms with van der Waals surface area (Å²) < 4.78 is 0. The molecule has 8 heavy (non-hydrogen) atoms. The number of hydrogen-bond donors (Lipinski definition) is 1. The molecule has 0 aromatic heterocycles. The molecular formula is C5H12N2O. The van der Waals surface area contributed by atoms with Crippen LogP contribution >= 0.6 is 0 Å². The summed E-state index contributed by atoms with van der Waals surface area (Å²) in [7, 11) is 2.06. The van der Waals surface area contributed by atoms with Gasteiger partial charge < -0.3 is 10.1 Å². The van der Waals surface area contributed by atoms with Gasteiger partial charge in [0.2, 0.25) is 0 Å². The molecule has 1 fully saturated rings. The van der Waals surface area contributed by atoms with Gasteiger partial charge in [-0.1, -0.05) is 0 Å². The largest absolute Gasteiger partial charge is 0.314 e. The second kappa shape index (κ2) is 2.44. The minimum absolute atomic E-state index is 0.788. The first-order valence-electron chi connectivity index (χ1n) is 2.91. The first-order valence-corrected chi connectivity index (χ1v) is 2.91. The Morgan fingerprint density at radius 2 is 1.62 bits per heavy atom. The molecule has 0 unspecified atom stereocenters. The molecular weight excluding hydrogens is 104 g/mol. The SMILES string of the molecule is CN1CCN(O)CC1. The molecule has 0 atom stereocenters. The molecule has 1 heterocycles. The summed E-state index contributed by atoms with van der Waals surface area (Å²) in [6.45, 7) is 3.54. The van der Waals surface area contributed by atoms with E-state index in [4.69, 9.17) is 5.21 Å². The lowest BCUT2D eigenvalue weighted by molar-refractivity contribution is -0.114. The lowest BCUT2D eigenvalue weighted by Crippen LogP contribution is -2.42. The van der Waals surface area contributed by atoms with Crippen molar-refractivity contribution in [2.75, 3.05) is 33.2 Å². The topological polar surface area (TPSA) is 26.7 Å². The molecule has 3 nitrogen and oxygen atoms in total. The van der Waals surface area contributed by atoms with Crippen molar-refractivity contribution in [2.45, 2.75) is 0 Å². The van der Waals surface area contributed by atoms with E-state index in [1.807, 2.05) is 0 Å². The van der Waals surface area contributed by atoms with E-state index in [9.17, 15) is 0 Å². The minimum atomic E-state index is 0.788. The Morgan fingerprint density at radius 1 is 1.12 bits per heavy atom. The smallest absolute Gasteiger partial charge is 0.0366 e. The van der Waals surface area contributed by atoms with Crippen LogP contribution in [0, 0.1) is 0 Å². The molecule has 1 aliphatic heterocycles. The van der Waals surface area contributed by atoms with Crippen LogP contribution < -0.4 is 0 Å². The van der Waals surface area contributed by atoms with E-state index in [2.05, 4.69) is 11.9 Å². The lowest BCUT2D eigenvalue weighted by atomic mass is 10.4. The summed E-state index contributed by atoms with van der Waals surface area (Å²) in [5, 5.41) is 10.2. The zero-order chi connectivity index (χ0) is 5.98. The summed E-state index contributed by atoms with van der Waals surface area (Å²) >= 11 is 0. The maximum Gasteiger partial charge on any atom is 0.0366 e. The van der Waals surface area contributed by atoms with Crippen LogP contribution in [0.25, 0.3) is 0 Å². The number of likely N-dealkylation sites (N-methyl/N-ethyl adjacent to an activating group) is 1. The van der Waals surface area contributed by atoms with Crippen molar-refractivity contribution in [3.05, 3.63) is 0 Å². The summed E-state index contributed by atoms with van der Waals surface area (Å²) in [6.07, 6.45) is 0. The molecule has 0 saturated carbocycles. The van der Waals surface area contributed by atoms with E-state index >= 15 is 0 Å². The van der Waals surface area contributed by atoms with Crippen LogP contribution in [-0.4, -0.2) is 48.4 Å². The van der Waals surface area contributed by atoms with Gasteiger partial charge in [-0.15, -0.1) is 0 Å². The van der Waals surface area contributed by atoms with Gasteiger partial charge in [0.25, 0.3) is 0 Å². The number of rotatable bonds is 0. The van der Waals surface area contributed by atoms with Crippen molar-refractivity contribution < 1.29 is 5.21 Å². The molecule has 0 aliphatic carbocycles. The fraction of sp³-hybridized carbons (Fsp3) is 1.00. The average molecular weight is 116 g/mol. The maximum atomic E-state index is 8.83. The van der Waals surface area contributed by atoms with Gasteiger partial charge in [-0.05, 0) is 7.05 Å². The van der Waals surface area contributed by atoms with E-state index in [0.29, 0.717) is 0 Å². The summed E-state index contributed by atoms with van der Waals surface area (Å²) in [5.74, 6) is 0. The lowest BCUT2D eigenvalue weighted by Gasteiger charge is -2.27. The quantitative estimate of drug-likeness (QED) is 0.467. The normalized spacial score (nSPS) is 26.2. The van der Waals surface area contributed by atoms with E-state index < -0.39 is 0 Å². The first kappa shape index (κ1) is 6.01. The number of hydroxylamine groups is 2. The summed E-state index contributed by atoms with van der Waals surface area (Å²) in [5.41, 5.74) is 0. The van der Waals surface area contributed by atoms with Gasteiger partial charge in [0.15, 0.2) is 0 Å². The monoisotopic (exact) mass is 116 g/mol. The fourth-order valence-corrected chi connectivity index (χ4v) is 0.796. The molecule has 0 bridgehead atoms. The third kappa shape index (κ3) is 1.43. The zero-order valence-electron chi connectivity index (χ0n) is 5.17. The second-order valence-corrected chi connectivity index (χ2v) is 2.26. The molecule has 0 radical (unpaired) electrons. The Morgan fingerprint density at radius 3 is 2.00 bits per heavy atom. The fourth-order valence-electron chi connectivity index (χ4n) is 0.796. The molecule has 1 aliphatic rings. The third-order valence-corrected chi connectivity index (χ3v) is 1.48. The Labute approximate surface area is 49.5 Å². The van der Waals surface area contributed by atoms with E-state index in [0.717, 1.165) is 26.2 Å². The Balaban J connectivity index is 2.19. The van der Waals surface area contributed by atoms with Crippen LogP contribution in [0.15, 0.2) is 0 Å². The molecule has 0 spiro atoms. The molecule has 1 rings (SSSR count). The molecule has 1 N–H and O–H groups in total. The third-order valence-electron chi connectivity index (χ3n) is 1.48. The van der Waals surface area contributed by atoms with Crippen LogP contribution in [0.4, 0.5) is 0 Å². The van der Waals surface area contributed by atoms with E-state index in [1.54, 1.807) is 0 Å². The Bertz CT molecular complexity index is 58.8. The zero-order valence-corrected chi connectivity index (χ0v) is 5.17. The van der Waals surface area contributed by atoms with E-state index in [-0.39, 0.29) is 0 Å². The number of nitrogens with zero attached hydrogens (tertiary/aromatic N) is 2. The van der Waals surface area contributed by atoms with Crippen molar-refractivity contribution in [1.29, 1.82) is 0 Å². The highest BCUT2D eigenvalue weighted by molar-refractivity contribution is 4.61. The number of hydrogen-bond acceptors (Lipinski definition) is 3. The van der Waals surface area contributed by atoms with Crippen LogP contribution in [0.1, 0.15) is 0 Å². The molecule has 0 aromatic carbocycles. The standard InChI is InChI=1S/C5H12N2O/c1-6-2-4-7(8)5-3-6/h8H,2-5H2,1H3. The van der Waals surface area contributed by atoms with Crippen LogP contribution in [-0.2, 0) is 0 Å². The van der Waals surface area contributed by atoms with Crippen molar-refractivity contribution in [3.63, 3.8) is 0 Å². The highest BCUT2D eigenvalue weighted by atomic mass is 16.5. The predicted octanol–water partition coefficient (Wildman–Crippen LogP) is -0.377. The molecule has 1 saturated heterocycles. The predicted molar refractivity (Wildman–Crippen MR) is 30.9 cm³/mol. The molecule has 48 valence electrons. The Hall–Kier alpha value is -0.120. The average Bonchev–Trinajstić information content (AvgIpc) is 1.77. The van der Waals surface area contributed by atoms with Crippen LogP contribution in [0.2, 0.25) is 0 Å². The van der Waals surface area contributed by atoms with Gasteiger partial charge in [-0.2, -0.15) is 5.06 Å². The van der Waals surface area contributed by atoms with Crippen LogP contribution in [0.5, 0.6) is 0 Å². The molecule has 3 heteroatoms. The summed E-state index contributed by atoms with van der Waals surface area (Å²) in [4.78, 5) is 2.20. The number of piperazine rings is 1. The second-order valence-electron chi connectivity index (χ2n) is 2.26. The maximum absolute atomic E-state index is 8.83. The van der Waals surface area contributed by atoms with Gasteiger partial charge in [0.1, 0.15) is 0 Å². The van der Waals surface area contributed by atoms with Crippen molar-refractivity contribution in [3.8, 4) is 0 Å². The van der Waals surface area contributed by atoms with Gasteiger partial charge in [-0.3, -0.25) is 0 Å². The summed E-state index contributed by atoms with van der Waals surface area (Å²) in [6, 6.07) is 0. The molecule has 0 aromatic rings. The highest BCUT2D eigenvalue weighted by Gasteiger charge is 2.09. The van der Waals surface area contributed by atoms with Crippen molar-refractivity contribution in [2.24, 2.45) is 0 Å². The van der Waals surface area contributed by atoms with Gasteiger partial charge in [0, 0.05) is 26.2 Å².